The number of nitrogens with two attached hydrogens (primary N) is 1. The summed E-state index contributed by atoms with van der Waals surface area (Å²) in [4.78, 5) is 31.8. The molecule has 0 radical (unpaired) electrons. The predicted molar refractivity (Wildman–Crippen MR) is 123 cm³/mol. The molecule has 6 nitrogen and oxygen atoms in total. The molecule has 1 heterocycles. The molecule has 14 heteroatoms. The number of nitrogens with one attached hydrogen (secondary N) is 2. The maximum atomic E-state index is 13.9. The SMILES string of the molecule is C[C@@H](NC(=O)CCC(F)(F)F)c1ccc2nc([C@@H](C3CCC(F)(F)CC3)C3(C(N)=O)CC3C(F)(F)F)[nH]c2c1. The lowest BCUT2D eigenvalue weighted by atomic mass is 9.70. The van der Waals surface area contributed by atoms with Crippen LogP contribution in [-0.4, -0.2) is 40.1 Å². The van der Waals surface area contributed by atoms with Crippen molar-refractivity contribution in [3.8, 4) is 0 Å². The normalized spacial score (nSPS) is 25.3. The summed E-state index contributed by atoms with van der Waals surface area (Å²) in [5, 5.41) is 2.46. The summed E-state index contributed by atoms with van der Waals surface area (Å²) in [5.74, 6) is -8.78. The Labute approximate surface area is 218 Å². The summed E-state index contributed by atoms with van der Waals surface area (Å²) < 4.78 is 106. The Balaban J connectivity index is 1.64. The largest absolute Gasteiger partial charge is 0.392 e. The Kier molecular flexibility index (Phi) is 7.39. The number of hydrogen-bond acceptors (Lipinski definition) is 3. The number of aromatic nitrogens is 2. The fourth-order valence-electron chi connectivity index (χ4n) is 5.86. The van der Waals surface area contributed by atoms with Crippen molar-refractivity contribution in [3.05, 3.63) is 29.6 Å². The van der Waals surface area contributed by atoms with Gasteiger partial charge < -0.3 is 16.0 Å². The van der Waals surface area contributed by atoms with Crippen LogP contribution < -0.4 is 11.1 Å². The van der Waals surface area contributed by atoms with Crippen LogP contribution in [0.3, 0.4) is 0 Å². The third-order valence-corrected chi connectivity index (χ3v) is 7.98. The number of primary amides is 1. The van der Waals surface area contributed by atoms with Gasteiger partial charge >= 0.3 is 12.4 Å². The van der Waals surface area contributed by atoms with E-state index in [9.17, 15) is 44.7 Å². The molecule has 2 aliphatic rings. The van der Waals surface area contributed by atoms with Gasteiger partial charge in [0.15, 0.2) is 0 Å². The average Bonchev–Trinajstić information content (AvgIpc) is 3.45. The smallest absolute Gasteiger partial charge is 0.369 e. The second-order valence-electron chi connectivity index (χ2n) is 10.7. The first-order valence-electron chi connectivity index (χ1n) is 12.5. The molecule has 2 unspecified atom stereocenters. The molecule has 0 saturated heterocycles. The van der Waals surface area contributed by atoms with E-state index in [0.29, 0.717) is 16.6 Å². The lowest BCUT2D eigenvalue weighted by Crippen LogP contribution is -2.41. The number of alkyl halides is 8. The quantitative estimate of drug-likeness (QED) is 0.338. The molecule has 0 spiro atoms. The second-order valence-corrected chi connectivity index (χ2v) is 10.7. The molecule has 0 bridgehead atoms. The molecular formula is C25H28F8N4O2. The van der Waals surface area contributed by atoms with Gasteiger partial charge in [-0.1, -0.05) is 6.07 Å². The van der Waals surface area contributed by atoms with Crippen molar-refractivity contribution in [1.29, 1.82) is 0 Å². The second kappa shape index (κ2) is 9.92. The van der Waals surface area contributed by atoms with E-state index < -0.39 is 91.4 Å². The molecule has 2 saturated carbocycles. The van der Waals surface area contributed by atoms with Crippen molar-refractivity contribution in [2.75, 3.05) is 0 Å². The van der Waals surface area contributed by atoms with E-state index in [-0.39, 0.29) is 18.7 Å². The van der Waals surface area contributed by atoms with E-state index in [0.717, 1.165) is 0 Å². The van der Waals surface area contributed by atoms with Gasteiger partial charge in [-0.15, -0.1) is 0 Å². The highest BCUT2D eigenvalue weighted by atomic mass is 19.4. The highest BCUT2D eigenvalue weighted by molar-refractivity contribution is 5.86. The predicted octanol–water partition coefficient (Wildman–Crippen LogP) is 6.05. The van der Waals surface area contributed by atoms with Gasteiger partial charge in [0.2, 0.25) is 17.7 Å². The number of hydrogen-bond donors (Lipinski definition) is 3. The van der Waals surface area contributed by atoms with E-state index in [4.69, 9.17) is 5.73 Å². The lowest BCUT2D eigenvalue weighted by molar-refractivity contribution is -0.164. The van der Waals surface area contributed by atoms with Crippen LogP contribution in [0.2, 0.25) is 0 Å². The minimum Gasteiger partial charge on any atom is -0.369 e. The van der Waals surface area contributed by atoms with Gasteiger partial charge in [0.1, 0.15) is 5.82 Å². The maximum Gasteiger partial charge on any atom is 0.392 e. The number of halogens is 8. The van der Waals surface area contributed by atoms with Gasteiger partial charge in [-0.25, -0.2) is 13.8 Å². The number of benzene rings is 1. The summed E-state index contributed by atoms with van der Waals surface area (Å²) in [6.45, 7) is 1.55. The Bertz CT molecular complexity index is 1230. The molecular weight excluding hydrogens is 540 g/mol. The van der Waals surface area contributed by atoms with E-state index in [1.165, 1.54) is 12.1 Å². The van der Waals surface area contributed by atoms with Gasteiger partial charge in [-0.3, -0.25) is 9.59 Å². The van der Waals surface area contributed by atoms with Gasteiger partial charge in [-0.05, 0) is 49.8 Å². The topological polar surface area (TPSA) is 101 Å². The first-order chi connectivity index (χ1) is 17.9. The van der Waals surface area contributed by atoms with Crippen LogP contribution in [0.5, 0.6) is 0 Å². The molecule has 4 N–H and O–H groups in total. The number of imidazole rings is 1. The summed E-state index contributed by atoms with van der Waals surface area (Å²) in [7, 11) is 0. The van der Waals surface area contributed by atoms with Crippen LogP contribution in [-0.2, 0) is 9.59 Å². The summed E-state index contributed by atoms with van der Waals surface area (Å²) in [5.41, 5.74) is 4.66. The Morgan fingerprint density at radius 2 is 1.79 bits per heavy atom. The standard InChI is InChI=1S/C25H28F8N4O2/c1-12(35-18(38)6-9-24(28,29)30)14-2-3-15-16(10-14)37-20(36-15)19(13-4-7-22(26,27)8-5-13)23(21(34)39)11-17(23)25(31,32)33/h2-3,10,12-13,17,19H,4-9,11H2,1H3,(H2,34,39)(H,35,38)(H,36,37)/t12-,17?,19-,23?/m1/s1. The molecule has 0 aliphatic heterocycles. The zero-order chi connectivity index (χ0) is 29.0. The number of nitrogens with zero attached hydrogens (tertiary/aromatic N) is 1. The van der Waals surface area contributed by atoms with Gasteiger partial charge in [-0.2, -0.15) is 26.3 Å². The van der Waals surface area contributed by atoms with Crippen molar-refractivity contribution < 1.29 is 44.7 Å². The van der Waals surface area contributed by atoms with E-state index >= 15 is 0 Å². The maximum absolute atomic E-state index is 13.9. The molecule has 1 aromatic carbocycles. The Morgan fingerprint density at radius 3 is 2.33 bits per heavy atom. The first kappa shape index (κ1) is 29.1. The summed E-state index contributed by atoms with van der Waals surface area (Å²) in [6, 6.07) is 3.91. The van der Waals surface area contributed by atoms with Gasteiger partial charge in [0.25, 0.3) is 0 Å². The van der Waals surface area contributed by atoms with Crippen LogP contribution in [0, 0.1) is 17.3 Å². The molecule has 1 aromatic heterocycles. The summed E-state index contributed by atoms with van der Waals surface area (Å²) >= 11 is 0. The minimum absolute atomic E-state index is 0.0322. The number of carbonyl (C=O) groups excluding carboxylic acids is 2. The fourth-order valence-corrected chi connectivity index (χ4v) is 5.86. The Morgan fingerprint density at radius 1 is 1.15 bits per heavy atom. The van der Waals surface area contributed by atoms with Crippen LogP contribution in [0.15, 0.2) is 18.2 Å². The highest BCUT2D eigenvalue weighted by Crippen LogP contribution is 2.69. The Hall–Kier alpha value is -2.93. The van der Waals surface area contributed by atoms with Crippen molar-refractivity contribution in [1.82, 2.24) is 15.3 Å². The lowest BCUT2D eigenvalue weighted by Gasteiger charge is -2.37. The number of rotatable bonds is 8. The van der Waals surface area contributed by atoms with E-state index in [2.05, 4.69) is 15.3 Å². The van der Waals surface area contributed by atoms with Gasteiger partial charge in [0.05, 0.1) is 34.8 Å². The molecule has 2 aromatic rings. The van der Waals surface area contributed by atoms with E-state index in [1.54, 1.807) is 13.0 Å². The third kappa shape index (κ3) is 6.13. The zero-order valence-electron chi connectivity index (χ0n) is 20.9. The van der Waals surface area contributed by atoms with E-state index in [1.807, 2.05) is 0 Å². The minimum atomic E-state index is -4.72. The molecule has 216 valence electrons. The monoisotopic (exact) mass is 568 g/mol. The molecule has 4 atom stereocenters. The molecule has 39 heavy (non-hydrogen) atoms. The summed E-state index contributed by atoms with van der Waals surface area (Å²) in [6.07, 6.45) is -13.1. The number of carbonyl (C=O) groups is 2. The number of H-pyrrole nitrogens is 1. The van der Waals surface area contributed by atoms with Crippen molar-refractivity contribution in [3.63, 3.8) is 0 Å². The number of amides is 2. The van der Waals surface area contributed by atoms with Crippen LogP contribution in [0.25, 0.3) is 11.0 Å². The van der Waals surface area contributed by atoms with Gasteiger partial charge in [0, 0.05) is 25.2 Å². The highest BCUT2D eigenvalue weighted by Gasteiger charge is 2.74. The average molecular weight is 569 g/mol. The molecule has 4 rings (SSSR count). The molecule has 2 fully saturated rings. The van der Waals surface area contributed by atoms with Crippen LogP contribution in [0.1, 0.15) is 75.2 Å². The first-order valence-corrected chi connectivity index (χ1v) is 12.5. The molecule has 2 aliphatic carbocycles. The molecule has 2 amide bonds. The van der Waals surface area contributed by atoms with Crippen molar-refractivity contribution in [2.24, 2.45) is 23.0 Å². The third-order valence-electron chi connectivity index (χ3n) is 7.98. The fraction of sp³-hybridized carbons (Fsp3) is 0.640. The number of fused-ring (bicyclic) bond motifs is 1. The zero-order valence-corrected chi connectivity index (χ0v) is 20.9. The van der Waals surface area contributed by atoms with Crippen molar-refractivity contribution in [2.45, 2.75) is 82.1 Å². The van der Waals surface area contributed by atoms with Crippen LogP contribution >= 0.6 is 0 Å². The van der Waals surface area contributed by atoms with Crippen molar-refractivity contribution >= 4 is 22.8 Å². The number of aromatic amines is 1. The van der Waals surface area contributed by atoms with Crippen LogP contribution in [0.4, 0.5) is 35.1 Å².